The number of hydrogen-bond donors (Lipinski definition) is 1. The van der Waals surface area contributed by atoms with Gasteiger partial charge in [0.25, 0.3) is 0 Å². The van der Waals surface area contributed by atoms with Crippen molar-refractivity contribution in [3.05, 3.63) is 29.8 Å². The average molecular weight is 483 g/mol. The van der Waals surface area contributed by atoms with Crippen LogP contribution in [0.25, 0.3) is 10.6 Å². The molecule has 1 heterocycles. The van der Waals surface area contributed by atoms with E-state index in [4.69, 9.17) is 0 Å². The first-order valence-electron chi connectivity index (χ1n) is 11.2. The molecule has 0 bridgehead atoms. The molecule has 0 radical (unpaired) electrons. The second kappa shape index (κ2) is 11.1. The zero-order valence-corrected chi connectivity index (χ0v) is 19.6. The van der Waals surface area contributed by atoms with Crippen molar-refractivity contribution >= 4 is 28.3 Å². The minimum atomic E-state index is -4.40. The number of anilines is 1. The lowest BCUT2D eigenvalue weighted by Crippen LogP contribution is -2.40. The molecule has 180 valence electrons. The summed E-state index contributed by atoms with van der Waals surface area (Å²) in [5, 5.41) is 11.2. The first kappa shape index (κ1) is 25.1. The maximum atomic E-state index is 13.0. The van der Waals surface area contributed by atoms with E-state index in [-0.39, 0.29) is 29.3 Å². The highest BCUT2D eigenvalue weighted by Crippen LogP contribution is 2.32. The fourth-order valence-corrected chi connectivity index (χ4v) is 4.72. The number of nitrogens with one attached hydrogen (secondary N) is 1. The van der Waals surface area contributed by atoms with Gasteiger partial charge in [0.05, 0.1) is 5.56 Å². The molecule has 1 fully saturated rings. The SMILES string of the molecule is CC(C)CN(CCC(=O)Nc1nnc(-c2ccc(C(F)(F)F)cc2)s1)C(=O)C1CCCCC1. The summed E-state index contributed by atoms with van der Waals surface area (Å²) in [4.78, 5) is 27.2. The molecular weight excluding hydrogens is 453 g/mol. The molecule has 10 heteroatoms. The summed E-state index contributed by atoms with van der Waals surface area (Å²) in [6.07, 6.45) is 0.886. The van der Waals surface area contributed by atoms with Gasteiger partial charge in [0.2, 0.25) is 16.9 Å². The quantitative estimate of drug-likeness (QED) is 0.530. The molecule has 2 amide bonds. The molecule has 1 aromatic heterocycles. The molecule has 1 aliphatic carbocycles. The molecule has 2 aromatic rings. The third-order valence-corrected chi connectivity index (χ3v) is 6.48. The monoisotopic (exact) mass is 482 g/mol. The molecule has 0 aliphatic heterocycles. The molecule has 1 N–H and O–H groups in total. The Morgan fingerprint density at radius 3 is 2.39 bits per heavy atom. The van der Waals surface area contributed by atoms with Gasteiger partial charge in [-0.1, -0.05) is 56.6 Å². The van der Waals surface area contributed by atoms with Gasteiger partial charge in [-0.3, -0.25) is 9.59 Å². The van der Waals surface area contributed by atoms with Gasteiger partial charge in [0.1, 0.15) is 5.01 Å². The number of hydrogen-bond acceptors (Lipinski definition) is 5. The van der Waals surface area contributed by atoms with E-state index >= 15 is 0 Å². The van der Waals surface area contributed by atoms with Crippen molar-refractivity contribution < 1.29 is 22.8 Å². The Kier molecular flexibility index (Phi) is 8.45. The summed E-state index contributed by atoms with van der Waals surface area (Å²) >= 11 is 1.09. The highest BCUT2D eigenvalue weighted by molar-refractivity contribution is 7.18. The maximum absolute atomic E-state index is 13.0. The van der Waals surface area contributed by atoms with Gasteiger partial charge >= 0.3 is 6.18 Å². The van der Waals surface area contributed by atoms with Gasteiger partial charge in [-0.2, -0.15) is 13.2 Å². The number of aromatic nitrogens is 2. The van der Waals surface area contributed by atoms with Crippen molar-refractivity contribution in [3.8, 4) is 10.6 Å². The number of alkyl halides is 3. The largest absolute Gasteiger partial charge is 0.416 e. The van der Waals surface area contributed by atoms with E-state index in [1.807, 2.05) is 13.8 Å². The van der Waals surface area contributed by atoms with Crippen LogP contribution in [0, 0.1) is 11.8 Å². The van der Waals surface area contributed by atoms with Crippen molar-refractivity contribution in [2.45, 2.75) is 58.5 Å². The fourth-order valence-electron chi connectivity index (χ4n) is 3.95. The molecule has 0 unspecified atom stereocenters. The van der Waals surface area contributed by atoms with E-state index < -0.39 is 11.7 Å². The standard InChI is InChI=1S/C23H29F3N4O2S/c1-15(2)14-30(21(32)17-6-4-3-5-7-17)13-12-19(31)27-22-29-28-20(33-22)16-8-10-18(11-9-16)23(24,25)26/h8-11,15,17H,3-7,12-14H2,1-2H3,(H,27,29,31). The van der Waals surface area contributed by atoms with Crippen LogP contribution >= 0.6 is 11.3 Å². The van der Waals surface area contributed by atoms with Gasteiger partial charge in [-0.25, -0.2) is 0 Å². The van der Waals surface area contributed by atoms with E-state index in [1.54, 1.807) is 4.90 Å². The normalized spacial score (nSPS) is 15.0. The van der Waals surface area contributed by atoms with Gasteiger partial charge < -0.3 is 10.2 Å². The Balaban J connectivity index is 1.56. The number of amides is 2. The van der Waals surface area contributed by atoms with Gasteiger partial charge in [-0.15, -0.1) is 10.2 Å². The van der Waals surface area contributed by atoms with Crippen LogP contribution in [0.3, 0.4) is 0 Å². The lowest BCUT2D eigenvalue weighted by Gasteiger charge is -2.30. The maximum Gasteiger partial charge on any atom is 0.416 e. The third kappa shape index (κ3) is 7.25. The Bertz CT molecular complexity index is 938. The van der Waals surface area contributed by atoms with E-state index in [1.165, 1.54) is 18.6 Å². The molecule has 1 saturated carbocycles. The highest BCUT2D eigenvalue weighted by atomic mass is 32.1. The lowest BCUT2D eigenvalue weighted by atomic mass is 9.88. The average Bonchev–Trinajstić information content (AvgIpc) is 3.24. The number of nitrogens with zero attached hydrogens (tertiary/aromatic N) is 3. The number of carbonyl (C=O) groups is 2. The predicted molar refractivity (Wildman–Crippen MR) is 122 cm³/mol. The van der Waals surface area contributed by atoms with Crippen LogP contribution in [-0.4, -0.2) is 40.0 Å². The van der Waals surface area contributed by atoms with Crippen LogP contribution in [0.15, 0.2) is 24.3 Å². The summed E-state index contributed by atoms with van der Waals surface area (Å²) in [6, 6.07) is 4.63. The lowest BCUT2D eigenvalue weighted by molar-refractivity contribution is -0.138. The van der Waals surface area contributed by atoms with Crippen LogP contribution in [0.2, 0.25) is 0 Å². The summed E-state index contributed by atoms with van der Waals surface area (Å²) in [5.74, 6) is 0.206. The summed E-state index contributed by atoms with van der Waals surface area (Å²) in [5.41, 5.74) is -0.250. The van der Waals surface area contributed by atoms with E-state index in [0.717, 1.165) is 49.2 Å². The Labute approximate surface area is 195 Å². The predicted octanol–water partition coefficient (Wildman–Crippen LogP) is 5.62. The minimum Gasteiger partial charge on any atom is -0.342 e. The molecule has 0 atom stereocenters. The van der Waals surface area contributed by atoms with Crippen LogP contribution < -0.4 is 5.32 Å². The van der Waals surface area contributed by atoms with Gasteiger partial charge in [0, 0.05) is 31.0 Å². The van der Waals surface area contributed by atoms with Crippen molar-refractivity contribution in [1.82, 2.24) is 15.1 Å². The minimum absolute atomic E-state index is 0.0509. The van der Waals surface area contributed by atoms with Crippen molar-refractivity contribution in [2.75, 3.05) is 18.4 Å². The zero-order valence-electron chi connectivity index (χ0n) is 18.8. The number of benzene rings is 1. The highest BCUT2D eigenvalue weighted by Gasteiger charge is 2.30. The molecule has 0 saturated heterocycles. The van der Waals surface area contributed by atoms with E-state index in [0.29, 0.717) is 29.6 Å². The molecule has 1 aromatic carbocycles. The summed E-state index contributed by atoms with van der Waals surface area (Å²) < 4.78 is 38.2. The zero-order chi connectivity index (χ0) is 24.0. The van der Waals surface area contributed by atoms with Crippen LogP contribution in [0.1, 0.15) is 57.9 Å². The number of rotatable bonds is 8. The van der Waals surface area contributed by atoms with E-state index in [9.17, 15) is 22.8 Å². The van der Waals surface area contributed by atoms with Gasteiger partial charge in [-0.05, 0) is 30.9 Å². The molecule has 33 heavy (non-hydrogen) atoms. The fraction of sp³-hybridized carbons (Fsp3) is 0.565. The Morgan fingerprint density at radius 1 is 1.12 bits per heavy atom. The molecular formula is C23H29F3N4O2S. The summed E-state index contributed by atoms with van der Waals surface area (Å²) in [6.45, 7) is 5.04. The second-order valence-corrected chi connectivity index (χ2v) is 9.78. The number of halogens is 3. The third-order valence-electron chi connectivity index (χ3n) is 5.59. The Morgan fingerprint density at radius 2 is 1.79 bits per heavy atom. The first-order valence-corrected chi connectivity index (χ1v) is 12.0. The Hall–Kier alpha value is -2.49. The smallest absolute Gasteiger partial charge is 0.342 e. The van der Waals surface area contributed by atoms with E-state index in [2.05, 4.69) is 15.5 Å². The van der Waals surface area contributed by atoms with Crippen molar-refractivity contribution in [1.29, 1.82) is 0 Å². The first-order chi connectivity index (χ1) is 15.6. The summed E-state index contributed by atoms with van der Waals surface area (Å²) in [7, 11) is 0. The second-order valence-electron chi connectivity index (χ2n) is 8.80. The van der Waals surface area contributed by atoms with Gasteiger partial charge in [0.15, 0.2) is 0 Å². The van der Waals surface area contributed by atoms with Crippen LogP contribution in [-0.2, 0) is 15.8 Å². The van der Waals surface area contributed by atoms with Crippen LogP contribution in [0.4, 0.5) is 18.3 Å². The van der Waals surface area contributed by atoms with Crippen molar-refractivity contribution in [2.24, 2.45) is 11.8 Å². The molecule has 6 nitrogen and oxygen atoms in total. The molecule has 3 rings (SSSR count). The molecule has 1 aliphatic rings. The van der Waals surface area contributed by atoms with Crippen molar-refractivity contribution in [3.63, 3.8) is 0 Å². The number of carbonyl (C=O) groups excluding carboxylic acids is 2. The topological polar surface area (TPSA) is 75.2 Å². The molecule has 0 spiro atoms. The van der Waals surface area contributed by atoms with Crippen LogP contribution in [0.5, 0.6) is 0 Å².